The summed E-state index contributed by atoms with van der Waals surface area (Å²) in [4.78, 5) is 25.3. The Hall–Kier alpha value is -1.80. The van der Waals surface area contributed by atoms with E-state index in [1.54, 1.807) is 7.11 Å². The largest absolute Gasteiger partial charge is 0.379 e. The van der Waals surface area contributed by atoms with Crippen LogP contribution in [0.2, 0.25) is 0 Å². The van der Waals surface area contributed by atoms with Gasteiger partial charge in [-0.1, -0.05) is 6.42 Å². The lowest BCUT2D eigenvalue weighted by Gasteiger charge is -2.54. The van der Waals surface area contributed by atoms with Crippen LogP contribution < -0.4 is 10.6 Å². The fourth-order valence-corrected chi connectivity index (χ4v) is 6.67. The molecule has 31 heavy (non-hydrogen) atoms. The van der Waals surface area contributed by atoms with Crippen LogP contribution in [0.15, 0.2) is 12.4 Å². The van der Waals surface area contributed by atoms with Crippen LogP contribution in [0.25, 0.3) is 0 Å². The van der Waals surface area contributed by atoms with Crippen LogP contribution in [-0.2, 0) is 9.53 Å². The van der Waals surface area contributed by atoms with Gasteiger partial charge in [0.05, 0.1) is 24.5 Å². The molecule has 1 amide bonds. The molecule has 4 aliphatic rings. The Morgan fingerprint density at radius 3 is 2.42 bits per heavy atom. The van der Waals surface area contributed by atoms with Gasteiger partial charge in [0, 0.05) is 32.3 Å². The summed E-state index contributed by atoms with van der Waals surface area (Å²) in [5.41, 5.74) is 5.87. The Morgan fingerprint density at radius 2 is 1.84 bits per heavy atom. The fraction of sp³-hybridized carbons (Fsp3) is 0.783. The first kappa shape index (κ1) is 21.1. The first-order chi connectivity index (χ1) is 15.0. The molecule has 7 nitrogen and oxygen atoms in total. The van der Waals surface area contributed by atoms with E-state index in [1.165, 1.54) is 31.7 Å². The average molecular weight is 432 g/mol. The molecule has 3 saturated heterocycles. The Balaban J connectivity index is 1.29. The first-order valence-electron chi connectivity index (χ1n) is 11.9. The average Bonchev–Trinajstić information content (AvgIpc) is 3.58. The Morgan fingerprint density at radius 1 is 1.16 bits per heavy atom. The highest BCUT2D eigenvalue weighted by Gasteiger charge is 2.50. The van der Waals surface area contributed by atoms with Crippen LogP contribution in [0.1, 0.15) is 51.4 Å². The van der Waals surface area contributed by atoms with Gasteiger partial charge in [-0.3, -0.25) is 9.69 Å². The lowest BCUT2D eigenvalue weighted by atomic mass is 9.69. The molecule has 4 heterocycles. The number of fused-ring (bicyclic) bond motifs is 2. The van der Waals surface area contributed by atoms with E-state index in [2.05, 4.69) is 19.8 Å². The van der Waals surface area contributed by atoms with Gasteiger partial charge in [0.2, 0.25) is 11.9 Å². The molecule has 5 atom stereocenters. The molecule has 0 radical (unpaired) electrons. The van der Waals surface area contributed by atoms with Crippen LogP contribution in [0.3, 0.4) is 0 Å². The molecule has 1 saturated carbocycles. The van der Waals surface area contributed by atoms with Crippen molar-refractivity contribution in [2.24, 2.45) is 23.5 Å². The maximum Gasteiger partial charge on any atom is 0.235 e. The second-order valence-electron chi connectivity index (χ2n) is 9.98. The lowest BCUT2D eigenvalue weighted by Crippen LogP contribution is -2.62. The number of amides is 1. The summed E-state index contributed by atoms with van der Waals surface area (Å²) in [6, 6.07) is 0.866. The molecule has 5 rings (SSSR count). The third-order valence-electron chi connectivity index (χ3n) is 8.16. The smallest absolute Gasteiger partial charge is 0.235 e. The molecule has 2 bridgehead atoms. The number of methoxy groups -OCH3 is 1. The van der Waals surface area contributed by atoms with E-state index in [0.717, 1.165) is 45.2 Å². The van der Waals surface area contributed by atoms with E-state index in [0.29, 0.717) is 35.8 Å². The summed E-state index contributed by atoms with van der Waals surface area (Å²) in [7, 11) is 1.79. The predicted molar refractivity (Wildman–Crippen MR) is 115 cm³/mol. The number of carbonyl (C=O) groups excluding carboxylic acids is 1. The summed E-state index contributed by atoms with van der Waals surface area (Å²) < 4.78 is 19.2. The summed E-state index contributed by atoms with van der Waals surface area (Å²) in [6.45, 7) is 1.59. The number of carbonyl (C=O) groups is 1. The number of halogens is 1. The molecule has 4 fully saturated rings. The van der Waals surface area contributed by atoms with Crippen molar-refractivity contribution in [1.29, 1.82) is 0 Å². The topological polar surface area (TPSA) is 84.6 Å². The molecule has 1 aromatic heterocycles. The summed E-state index contributed by atoms with van der Waals surface area (Å²) in [6.07, 6.45) is 11.7. The van der Waals surface area contributed by atoms with Gasteiger partial charge in [-0.25, -0.2) is 14.4 Å². The Kier molecular flexibility index (Phi) is 5.86. The molecule has 3 aliphatic heterocycles. The first-order valence-corrected chi connectivity index (χ1v) is 11.9. The number of nitrogens with zero attached hydrogens (tertiary/aromatic N) is 4. The van der Waals surface area contributed by atoms with Gasteiger partial charge in [-0.2, -0.15) is 0 Å². The molecule has 2 N–H and O–H groups in total. The SMILES string of the molecule is CO[C@@H]1CN(c2ncc(F)cn2)CC[C@@H]1C1C[C@H]2CCC[C@H](C1)N2[C@@H](C(N)=O)C1CC1. The maximum atomic E-state index is 13.2. The molecule has 170 valence electrons. The van der Waals surface area contributed by atoms with E-state index in [9.17, 15) is 9.18 Å². The van der Waals surface area contributed by atoms with Gasteiger partial charge in [-0.15, -0.1) is 0 Å². The normalized spacial score (nSPS) is 35.0. The maximum absolute atomic E-state index is 13.2. The van der Waals surface area contributed by atoms with Gasteiger partial charge in [0.1, 0.15) is 0 Å². The van der Waals surface area contributed by atoms with Crippen LogP contribution in [0.5, 0.6) is 0 Å². The van der Waals surface area contributed by atoms with Crippen molar-refractivity contribution in [3.05, 3.63) is 18.2 Å². The molecule has 0 unspecified atom stereocenters. The number of ether oxygens (including phenoxy) is 1. The molecule has 1 aliphatic carbocycles. The second kappa shape index (κ2) is 8.62. The van der Waals surface area contributed by atoms with Crippen molar-refractivity contribution in [3.8, 4) is 0 Å². The summed E-state index contributed by atoms with van der Waals surface area (Å²) >= 11 is 0. The predicted octanol–water partition coefficient (Wildman–Crippen LogP) is 2.35. The van der Waals surface area contributed by atoms with Gasteiger partial charge in [-0.05, 0) is 62.7 Å². The number of hydrogen-bond acceptors (Lipinski definition) is 6. The van der Waals surface area contributed by atoms with E-state index in [-0.39, 0.29) is 18.1 Å². The van der Waals surface area contributed by atoms with Gasteiger partial charge >= 0.3 is 0 Å². The third-order valence-corrected chi connectivity index (χ3v) is 8.16. The van der Waals surface area contributed by atoms with Crippen molar-refractivity contribution in [1.82, 2.24) is 14.9 Å². The highest BCUT2D eigenvalue weighted by molar-refractivity contribution is 5.80. The number of hydrogen-bond donors (Lipinski definition) is 1. The zero-order valence-corrected chi connectivity index (χ0v) is 18.3. The lowest BCUT2D eigenvalue weighted by molar-refractivity contribution is -0.132. The van der Waals surface area contributed by atoms with Gasteiger partial charge in [0.25, 0.3) is 0 Å². The molecule has 0 spiro atoms. The van der Waals surface area contributed by atoms with E-state index < -0.39 is 5.82 Å². The van der Waals surface area contributed by atoms with Crippen LogP contribution in [-0.4, -0.2) is 65.2 Å². The standard InChI is InChI=1S/C23H34FN5O2/c1-31-20-13-28(23-26-11-16(24)12-27-23)8-7-19(20)15-9-17-3-2-4-18(10-15)29(17)21(22(25)30)14-5-6-14/h11-12,14-15,17-21H,2-10,13H2,1H3,(H2,25,30)/t17-,18-,19-,20-,21-/m1/s1. The minimum atomic E-state index is -0.416. The number of primary amides is 1. The third kappa shape index (κ3) is 4.16. The molecular formula is C23H34FN5O2. The zero-order chi connectivity index (χ0) is 21.5. The van der Waals surface area contributed by atoms with E-state index in [4.69, 9.17) is 10.5 Å². The molecule has 0 aromatic carbocycles. The highest BCUT2D eigenvalue weighted by Crippen LogP contribution is 2.47. The van der Waals surface area contributed by atoms with Crippen LogP contribution in [0.4, 0.5) is 10.3 Å². The number of rotatable bonds is 6. The summed E-state index contributed by atoms with van der Waals surface area (Å²) in [5.74, 6) is 1.59. The van der Waals surface area contributed by atoms with Crippen LogP contribution >= 0.6 is 0 Å². The monoisotopic (exact) mass is 431 g/mol. The number of anilines is 1. The van der Waals surface area contributed by atoms with E-state index in [1.807, 2.05) is 0 Å². The Bertz CT molecular complexity index is 775. The summed E-state index contributed by atoms with van der Waals surface area (Å²) in [5, 5.41) is 0. The zero-order valence-electron chi connectivity index (χ0n) is 18.3. The van der Waals surface area contributed by atoms with Gasteiger partial charge < -0.3 is 15.4 Å². The Labute approximate surface area is 183 Å². The van der Waals surface area contributed by atoms with Gasteiger partial charge in [0.15, 0.2) is 5.82 Å². The van der Waals surface area contributed by atoms with E-state index >= 15 is 0 Å². The minimum Gasteiger partial charge on any atom is -0.379 e. The minimum absolute atomic E-state index is 0.0630. The van der Waals surface area contributed by atoms with Crippen molar-refractivity contribution in [2.45, 2.75) is 75.6 Å². The number of aromatic nitrogens is 2. The number of piperidine rings is 3. The quantitative estimate of drug-likeness (QED) is 0.744. The molecular weight excluding hydrogens is 397 g/mol. The molecule has 1 aromatic rings. The second-order valence-corrected chi connectivity index (χ2v) is 9.98. The highest BCUT2D eigenvalue weighted by atomic mass is 19.1. The number of nitrogens with two attached hydrogens (primary N) is 1. The van der Waals surface area contributed by atoms with Crippen molar-refractivity contribution < 1.29 is 13.9 Å². The van der Waals surface area contributed by atoms with Crippen molar-refractivity contribution in [3.63, 3.8) is 0 Å². The van der Waals surface area contributed by atoms with Crippen molar-refractivity contribution >= 4 is 11.9 Å². The fourth-order valence-electron chi connectivity index (χ4n) is 6.67. The van der Waals surface area contributed by atoms with Crippen LogP contribution in [0, 0.1) is 23.6 Å². The van der Waals surface area contributed by atoms with Crippen molar-refractivity contribution in [2.75, 3.05) is 25.1 Å². The molecule has 8 heteroatoms.